The number of hydrogen-bond acceptors (Lipinski definition) is 20. The summed E-state index contributed by atoms with van der Waals surface area (Å²) in [5.74, 6) is -6.13. The second kappa shape index (κ2) is 47.4. The van der Waals surface area contributed by atoms with E-state index in [4.69, 9.17) is 28.4 Å². The van der Waals surface area contributed by atoms with Gasteiger partial charge in [-0.25, -0.2) is 4.79 Å². The van der Waals surface area contributed by atoms with Crippen LogP contribution in [0.2, 0.25) is 0 Å². The lowest BCUT2D eigenvalue weighted by molar-refractivity contribution is -0.386. The summed E-state index contributed by atoms with van der Waals surface area (Å²) in [6.07, 6.45) is 15.4. The maximum atomic E-state index is 13.4. The van der Waals surface area contributed by atoms with Gasteiger partial charge >= 0.3 is 5.97 Å². The van der Waals surface area contributed by atoms with E-state index in [1.807, 2.05) is 6.08 Å². The largest absolute Gasteiger partial charge is 0.477 e. The molecule has 3 saturated heterocycles. The number of carboxylic acids is 1. The molecule has 0 aliphatic carbocycles. The second-order valence-electron chi connectivity index (χ2n) is 25.4. The topological polar surface area (TPSA) is 373 Å². The van der Waals surface area contributed by atoms with Crippen molar-refractivity contribution in [3.05, 3.63) is 12.2 Å². The Balaban J connectivity index is 1.61. The first-order valence-electron chi connectivity index (χ1n) is 34.6. The molecule has 0 saturated carbocycles. The Bertz CT molecular complexity index is 1860. The molecule has 23 heteroatoms. The van der Waals surface area contributed by atoms with Crippen molar-refractivity contribution in [2.45, 2.75) is 362 Å². The zero-order valence-electron chi connectivity index (χ0n) is 54.3. The summed E-state index contributed by atoms with van der Waals surface area (Å²) in [5.41, 5.74) is 0. The summed E-state index contributed by atoms with van der Waals surface area (Å²) in [6.45, 7) is 2.15. The van der Waals surface area contributed by atoms with Crippen molar-refractivity contribution in [3.8, 4) is 0 Å². The number of allylic oxidation sites excluding steroid dienone is 1. The van der Waals surface area contributed by atoms with Crippen LogP contribution in [0.1, 0.15) is 252 Å². The molecule has 3 fully saturated rings. The molecule has 3 aliphatic heterocycles. The summed E-state index contributed by atoms with van der Waals surface area (Å²) in [6, 6.07) is -2.61. The predicted octanol–water partition coefficient (Wildman–Crippen LogP) is 5.90. The molecule has 89 heavy (non-hydrogen) atoms. The first-order valence-corrected chi connectivity index (χ1v) is 34.6. The molecule has 2 amide bonds. The van der Waals surface area contributed by atoms with Gasteiger partial charge in [-0.05, 0) is 19.3 Å². The van der Waals surface area contributed by atoms with Gasteiger partial charge in [0.15, 0.2) is 12.6 Å². The summed E-state index contributed by atoms with van der Waals surface area (Å²) in [5, 5.41) is 136. The number of hydrogen-bond donors (Lipinski definition) is 14. The second-order valence-corrected chi connectivity index (χ2v) is 25.4. The van der Waals surface area contributed by atoms with Crippen molar-refractivity contribution in [2.75, 3.05) is 26.4 Å². The molecular weight excluding hydrogens is 1160 g/mol. The Labute approximate surface area is 531 Å². The molecule has 14 N–H and O–H groups in total. The van der Waals surface area contributed by atoms with Crippen molar-refractivity contribution in [3.63, 3.8) is 0 Å². The van der Waals surface area contributed by atoms with Crippen LogP contribution < -0.4 is 10.6 Å². The molecule has 23 nitrogen and oxygen atoms in total. The first kappa shape index (κ1) is 80.7. The third-order valence-electron chi connectivity index (χ3n) is 17.7. The maximum absolute atomic E-state index is 13.4. The average Bonchev–Trinajstić information content (AvgIpc) is 0.868. The van der Waals surface area contributed by atoms with E-state index in [9.17, 15) is 75.7 Å². The predicted molar refractivity (Wildman–Crippen MR) is 334 cm³/mol. The Kier molecular flexibility index (Phi) is 43.0. The van der Waals surface area contributed by atoms with Crippen LogP contribution >= 0.6 is 0 Å². The molecule has 18 unspecified atom stereocenters. The summed E-state index contributed by atoms with van der Waals surface area (Å²) in [7, 11) is 0. The molecule has 0 bridgehead atoms. The van der Waals surface area contributed by atoms with Gasteiger partial charge < -0.3 is 100 Å². The number of aliphatic hydroxyl groups is 11. The monoisotopic (exact) mass is 1280 g/mol. The van der Waals surface area contributed by atoms with E-state index < -0.39 is 155 Å². The quantitative estimate of drug-likeness (QED) is 0.0249. The minimum atomic E-state index is -3.08. The third kappa shape index (κ3) is 30.2. The zero-order valence-corrected chi connectivity index (χ0v) is 54.3. The van der Waals surface area contributed by atoms with Gasteiger partial charge in [-0.15, -0.1) is 0 Å². The molecule has 0 aromatic carbocycles. The number of aliphatic hydroxyl groups excluding tert-OH is 11. The highest BCUT2D eigenvalue weighted by atomic mass is 16.8. The van der Waals surface area contributed by atoms with Gasteiger partial charge in [-0.2, -0.15) is 0 Å². The molecule has 3 heterocycles. The van der Waals surface area contributed by atoms with Gasteiger partial charge in [-0.1, -0.05) is 225 Å². The van der Waals surface area contributed by atoms with E-state index in [2.05, 4.69) is 24.5 Å². The number of unbranched alkanes of at least 4 members (excludes halogenated alkanes) is 32. The highest BCUT2D eigenvalue weighted by Gasteiger charge is 2.60. The molecule has 0 radical (unpaired) electrons. The van der Waals surface area contributed by atoms with Crippen LogP contribution in [-0.2, 0) is 42.8 Å². The van der Waals surface area contributed by atoms with Gasteiger partial charge in [0.2, 0.25) is 11.8 Å². The first-order chi connectivity index (χ1) is 42.9. The summed E-state index contributed by atoms with van der Waals surface area (Å²) >= 11 is 0. The fourth-order valence-electron chi connectivity index (χ4n) is 12.2. The van der Waals surface area contributed by atoms with Crippen molar-refractivity contribution >= 4 is 17.8 Å². The van der Waals surface area contributed by atoms with E-state index in [0.29, 0.717) is 12.8 Å². The van der Waals surface area contributed by atoms with Crippen molar-refractivity contribution in [1.29, 1.82) is 0 Å². The van der Waals surface area contributed by atoms with Gasteiger partial charge in [0, 0.05) is 19.8 Å². The number of amides is 2. The van der Waals surface area contributed by atoms with Gasteiger partial charge in [0.1, 0.15) is 67.1 Å². The van der Waals surface area contributed by atoms with Crippen LogP contribution in [0.4, 0.5) is 0 Å². The highest BCUT2D eigenvalue weighted by molar-refractivity contribution is 5.77. The minimum Gasteiger partial charge on any atom is -0.477 e. The lowest BCUT2D eigenvalue weighted by atomic mass is 9.88. The van der Waals surface area contributed by atoms with Gasteiger partial charge in [-0.3, -0.25) is 9.59 Å². The van der Waals surface area contributed by atoms with E-state index in [1.54, 1.807) is 6.08 Å². The number of rotatable bonds is 52. The molecule has 0 spiro atoms. The molecule has 18 atom stereocenters. The van der Waals surface area contributed by atoms with Crippen LogP contribution in [0, 0.1) is 0 Å². The van der Waals surface area contributed by atoms with Crippen molar-refractivity contribution in [1.82, 2.24) is 10.6 Å². The van der Waals surface area contributed by atoms with Crippen LogP contribution in [0.25, 0.3) is 0 Å². The standard InChI is InChI=1S/C66H122N2O21/c1-4-6-8-10-12-14-16-18-20-22-23-24-26-28-30-32-34-36-38-40-53(76)68-47(48(73)39-37-35-33-31-29-27-25-21-19-17-15-13-11-9-7-5-2)45-84-63-58(80)57(79)60(52(44-71)86-63)87-64-59(81)62(56(78)51(43-70)85-64)89-66(65(82)83)41-49(74)54(67-46(3)72)61(88-66)55(77)50(75)42-69/h37,39,47-52,54-64,69-71,73-75,77-81H,4-36,38,40-45H2,1-3H3,(H,67,72)(H,68,76)(H,82,83)/b39-37+. The minimum absolute atomic E-state index is 0.205. The van der Waals surface area contributed by atoms with E-state index in [1.165, 1.54) is 161 Å². The molecule has 3 rings (SSSR count). The number of carboxylic acid groups (broad SMARTS) is 1. The lowest BCUT2D eigenvalue weighted by Crippen LogP contribution is -2.70. The molecule has 3 aliphatic rings. The van der Waals surface area contributed by atoms with Crippen molar-refractivity contribution < 1.29 is 104 Å². The zero-order chi connectivity index (χ0) is 65.4. The summed E-state index contributed by atoms with van der Waals surface area (Å²) < 4.78 is 34.8. The van der Waals surface area contributed by atoms with Crippen LogP contribution in [0.5, 0.6) is 0 Å². The number of carbonyl (C=O) groups excluding carboxylic acids is 2. The van der Waals surface area contributed by atoms with E-state index in [0.717, 1.165) is 51.9 Å². The number of carbonyl (C=O) groups is 3. The van der Waals surface area contributed by atoms with Crippen LogP contribution in [0.3, 0.4) is 0 Å². The lowest BCUT2D eigenvalue weighted by Gasteiger charge is -2.50. The molecular formula is C66H122N2O21. The SMILES string of the molecule is CCCCCCCCCCCCCCCC/C=C/C(O)C(COC1OC(CO)C(OC2OC(CO)C(O)C(OC3(C(=O)O)CC(O)C(NC(C)=O)C(C(O)C(O)CO)O3)C2O)C(O)C1O)NC(=O)CCCCCCCCCCCCCCCCCCCCC. The smallest absolute Gasteiger partial charge is 0.364 e. The molecule has 0 aromatic rings. The van der Waals surface area contributed by atoms with Crippen LogP contribution in [-0.4, -0.2) is 215 Å². The molecule has 522 valence electrons. The van der Waals surface area contributed by atoms with Gasteiger partial charge in [0.25, 0.3) is 5.79 Å². The van der Waals surface area contributed by atoms with Crippen molar-refractivity contribution in [2.24, 2.45) is 0 Å². The Morgan fingerprint density at radius 2 is 1.04 bits per heavy atom. The molecule has 0 aromatic heterocycles. The average molecular weight is 1280 g/mol. The highest BCUT2D eigenvalue weighted by Crippen LogP contribution is 2.39. The Hall–Kier alpha value is -2.53. The third-order valence-corrected chi connectivity index (χ3v) is 17.7. The van der Waals surface area contributed by atoms with Crippen LogP contribution in [0.15, 0.2) is 12.2 Å². The Morgan fingerprint density at radius 1 is 0.584 bits per heavy atom. The number of ether oxygens (including phenoxy) is 6. The summed E-state index contributed by atoms with van der Waals surface area (Å²) in [4.78, 5) is 38.5. The normalized spacial score (nSPS) is 28.8. The number of nitrogens with one attached hydrogen (secondary N) is 2. The number of aliphatic carboxylic acids is 1. The van der Waals surface area contributed by atoms with Gasteiger partial charge in [0.05, 0.1) is 50.7 Å². The maximum Gasteiger partial charge on any atom is 0.364 e. The Morgan fingerprint density at radius 3 is 1.49 bits per heavy atom. The fourth-order valence-corrected chi connectivity index (χ4v) is 12.2. The van der Waals surface area contributed by atoms with E-state index in [-0.39, 0.29) is 12.3 Å². The fraction of sp³-hybridized carbons (Fsp3) is 0.924. The van der Waals surface area contributed by atoms with E-state index >= 15 is 0 Å².